The van der Waals surface area contributed by atoms with Crippen molar-refractivity contribution in [1.29, 1.82) is 0 Å². The van der Waals surface area contributed by atoms with Crippen molar-refractivity contribution in [2.45, 2.75) is 57.5 Å². The van der Waals surface area contributed by atoms with Gasteiger partial charge in [0.2, 0.25) is 5.91 Å². The van der Waals surface area contributed by atoms with Gasteiger partial charge in [0.05, 0.1) is 0 Å². The Balaban J connectivity index is 1.34. The van der Waals surface area contributed by atoms with E-state index in [4.69, 9.17) is 4.74 Å². The van der Waals surface area contributed by atoms with Gasteiger partial charge in [0.1, 0.15) is 12.6 Å². The number of hydrogen-bond acceptors (Lipinski definition) is 4. The van der Waals surface area contributed by atoms with Gasteiger partial charge < -0.3 is 20.5 Å². The van der Waals surface area contributed by atoms with Crippen molar-refractivity contribution < 1.29 is 24.2 Å². The van der Waals surface area contributed by atoms with Crippen LogP contribution in [0.2, 0.25) is 0 Å². The zero-order valence-electron chi connectivity index (χ0n) is 19.6. The number of rotatable bonds is 10. The van der Waals surface area contributed by atoms with E-state index in [2.05, 4.69) is 34.9 Å². The van der Waals surface area contributed by atoms with Crippen LogP contribution in [0.15, 0.2) is 48.5 Å². The van der Waals surface area contributed by atoms with E-state index < -0.39 is 24.1 Å². The molecule has 2 amide bonds. The van der Waals surface area contributed by atoms with Gasteiger partial charge in [0, 0.05) is 18.4 Å². The van der Waals surface area contributed by atoms with E-state index in [1.807, 2.05) is 38.1 Å². The highest BCUT2D eigenvalue weighted by molar-refractivity contribution is 5.84. The van der Waals surface area contributed by atoms with Gasteiger partial charge in [-0.2, -0.15) is 0 Å². The first-order valence-electron chi connectivity index (χ1n) is 12.0. The molecule has 0 saturated heterocycles. The molecule has 1 fully saturated rings. The van der Waals surface area contributed by atoms with E-state index in [0.717, 1.165) is 35.1 Å². The number of nitrogens with one attached hydrogen (secondary N) is 2. The molecule has 2 aromatic rings. The van der Waals surface area contributed by atoms with E-state index in [1.54, 1.807) is 0 Å². The van der Waals surface area contributed by atoms with Crippen LogP contribution in [-0.4, -0.2) is 41.8 Å². The molecule has 0 aromatic heterocycles. The summed E-state index contributed by atoms with van der Waals surface area (Å²) >= 11 is 0. The summed E-state index contributed by atoms with van der Waals surface area (Å²) in [6.45, 7) is 4.00. The molecule has 0 bridgehead atoms. The Morgan fingerprint density at radius 1 is 0.971 bits per heavy atom. The predicted molar refractivity (Wildman–Crippen MR) is 128 cm³/mol. The number of carboxylic acids is 1. The predicted octanol–water partition coefficient (Wildman–Crippen LogP) is 4.31. The lowest BCUT2D eigenvalue weighted by molar-refractivity contribution is -0.142. The molecule has 7 heteroatoms. The van der Waals surface area contributed by atoms with Crippen molar-refractivity contribution in [3.63, 3.8) is 0 Å². The average Bonchev–Trinajstić information content (AvgIpc) is 3.57. The number of benzene rings is 2. The highest BCUT2D eigenvalue weighted by atomic mass is 16.5. The van der Waals surface area contributed by atoms with Gasteiger partial charge in [-0.1, -0.05) is 75.2 Å². The van der Waals surface area contributed by atoms with Crippen LogP contribution in [0, 0.1) is 11.8 Å². The summed E-state index contributed by atoms with van der Waals surface area (Å²) in [6.07, 6.45) is 1.89. The molecule has 1 saturated carbocycles. The molecule has 0 spiro atoms. The maximum absolute atomic E-state index is 12.6. The summed E-state index contributed by atoms with van der Waals surface area (Å²) in [5.74, 6) is -1.10. The molecule has 34 heavy (non-hydrogen) atoms. The highest BCUT2D eigenvalue weighted by Crippen LogP contribution is 2.44. The van der Waals surface area contributed by atoms with Gasteiger partial charge >= 0.3 is 12.1 Å². The second kappa shape index (κ2) is 10.3. The maximum Gasteiger partial charge on any atom is 0.407 e. The molecular formula is C27H32N2O5. The number of alkyl carbamates (subject to hydrolysis) is 1. The fraction of sp³-hybridized carbons (Fsp3) is 0.444. The third-order valence-corrected chi connectivity index (χ3v) is 6.76. The first kappa shape index (κ1) is 23.8. The topological polar surface area (TPSA) is 105 Å². The Morgan fingerprint density at radius 2 is 1.56 bits per heavy atom. The van der Waals surface area contributed by atoms with Crippen molar-refractivity contribution in [1.82, 2.24) is 10.6 Å². The number of carbonyl (C=O) groups is 3. The third-order valence-electron chi connectivity index (χ3n) is 6.76. The molecule has 2 aliphatic rings. The summed E-state index contributed by atoms with van der Waals surface area (Å²) in [7, 11) is 0. The van der Waals surface area contributed by atoms with Gasteiger partial charge in [0.15, 0.2) is 0 Å². The summed E-state index contributed by atoms with van der Waals surface area (Å²) in [6, 6.07) is 14.9. The number of hydrogen-bond donors (Lipinski definition) is 3. The van der Waals surface area contributed by atoms with Crippen LogP contribution >= 0.6 is 0 Å². The van der Waals surface area contributed by atoms with Crippen LogP contribution in [0.1, 0.15) is 56.6 Å². The first-order chi connectivity index (χ1) is 16.3. The lowest BCUT2D eigenvalue weighted by Crippen LogP contribution is -2.46. The fourth-order valence-corrected chi connectivity index (χ4v) is 4.61. The van der Waals surface area contributed by atoms with E-state index in [0.29, 0.717) is 12.3 Å². The zero-order chi connectivity index (χ0) is 24.2. The van der Waals surface area contributed by atoms with E-state index in [-0.39, 0.29) is 30.8 Å². The standard InChI is InChI=1S/C27H32N2O5/c1-16(2)23(14-25(30)28-24(26(31)32)13-17-11-12-17)29-27(33)34-15-22-20-9-5-3-7-18(20)19-8-4-6-10-21(19)22/h3-10,16-17,22-24H,11-15H2,1-2H3,(H,28,30)(H,29,33)(H,31,32). The molecule has 0 heterocycles. The van der Waals surface area contributed by atoms with Crippen molar-refractivity contribution in [2.75, 3.05) is 6.61 Å². The van der Waals surface area contributed by atoms with Crippen LogP contribution < -0.4 is 10.6 Å². The minimum absolute atomic E-state index is 0.00366. The Morgan fingerprint density at radius 3 is 2.09 bits per heavy atom. The Kier molecular flexibility index (Phi) is 7.20. The molecule has 0 aliphatic heterocycles. The van der Waals surface area contributed by atoms with Gasteiger partial charge in [0.25, 0.3) is 0 Å². The van der Waals surface area contributed by atoms with Crippen molar-refractivity contribution in [3.8, 4) is 11.1 Å². The van der Waals surface area contributed by atoms with Crippen LogP contribution in [0.5, 0.6) is 0 Å². The minimum atomic E-state index is -1.02. The quantitative estimate of drug-likeness (QED) is 0.486. The molecule has 4 rings (SSSR count). The van der Waals surface area contributed by atoms with Crippen LogP contribution in [0.25, 0.3) is 11.1 Å². The van der Waals surface area contributed by atoms with Gasteiger partial charge in [-0.3, -0.25) is 4.79 Å². The second-order valence-corrected chi connectivity index (χ2v) is 9.66. The number of carbonyl (C=O) groups excluding carboxylic acids is 2. The lowest BCUT2D eigenvalue weighted by atomic mass is 9.98. The molecule has 7 nitrogen and oxygen atoms in total. The summed E-state index contributed by atoms with van der Waals surface area (Å²) < 4.78 is 5.61. The van der Waals surface area contributed by atoms with Gasteiger partial charge in [-0.05, 0) is 40.5 Å². The molecule has 2 unspecified atom stereocenters. The second-order valence-electron chi connectivity index (χ2n) is 9.66. The smallest absolute Gasteiger partial charge is 0.407 e. The monoisotopic (exact) mass is 464 g/mol. The zero-order valence-corrected chi connectivity index (χ0v) is 19.6. The largest absolute Gasteiger partial charge is 0.480 e. The molecule has 2 aromatic carbocycles. The summed E-state index contributed by atoms with van der Waals surface area (Å²) in [5.41, 5.74) is 4.57. The van der Waals surface area contributed by atoms with Gasteiger partial charge in [-0.25, -0.2) is 9.59 Å². The molecule has 3 N–H and O–H groups in total. The molecule has 0 radical (unpaired) electrons. The SMILES string of the molecule is CC(C)C(CC(=O)NC(CC1CC1)C(=O)O)NC(=O)OCC1c2ccccc2-c2ccccc21. The Hall–Kier alpha value is -3.35. The number of fused-ring (bicyclic) bond motifs is 3. The first-order valence-corrected chi connectivity index (χ1v) is 12.0. The van der Waals surface area contributed by atoms with Crippen molar-refractivity contribution in [3.05, 3.63) is 59.7 Å². The van der Waals surface area contributed by atoms with E-state index in [9.17, 15) is 19.5 Å². The Labute approximate surface area is 199 Å². The summed E-state index contributed by atoms with van der Waals surface area (Å²) in [4.78, 5) is 36.7. The van der Waals surface area contributed by atoms with Crippen molar-refractivity contribution in [2.24, 2.45) is 11.8 Å². The molecule has 180 valence electrons. The number of ether oxygens (including phenoxy) is 1. The minimum Gasteiger partial charge on any atom is -0.480 e. The lowest BCUT2D eigenvalue weighted by Gasteiger charge is -2.23. The van der Waals surface area contributed by atoms with Crippen LogP contribution in [-0.2, 0) is 14.3 Å². The third kappa shape index (κ3) is 5.58. The van der Waals surface area contributed by atoms with E-state index in [1.165, 1.54) is 0 Å². The number of aliphatic carboxylic acids is 1. The Bertz CT molecular complexity index is 1020. The maximum atomic E-state index is 12.6. The fourth-order valence-electron chi connectivity index (χ4n) is 4.61. The average molecular weight is 465 g/mol. The molecular weight excluding hydrogens is 432 g/mol. The van der Waals surface area contributed by atoms with E-state index >= 15 is 0 Å². The normalized spacial score (nSPS) is 16.3. The molecule has 2 aliphatic carbocycles. The van der Waals surface area contributed by atoms with Crippen LogP contribution in [0.3, 0.4) is 0 Å². The molecule has 2 atom stereocenters. The summed E-state index contributed by atoms with van der Waals surface area (Å²) in [5, 5.41) is 14.8. The highest BCUT2D eigenvalue weighted by Gasteiger charge is 2.32. The van der Waals surface area contributed by atoms with Crippen LogP contribution in [0.4, 0.5) is 4.79 Å². The number of carboxylic acid groups (broad SMARTS) is 1. The van der Waals surface area contributed by atoms with Crippen molar-refractivity contribution >= 4 is 18.0 Å². The van der Waals surface area contributed by atoms with Gasteiger partial charge in [-0.15, -0.1) is 0 Å². The number of amides is 2.